The minimum Gasteiger partial charge on any atom is -0.486 e. The first-order valence-corrected chi connectivity index (χ1v) is 6.03. The molecule has 1 aliphatic carbocycles. The molecule has 0 saturated carbocycles. The molecule has 1 aromatic rings. The van der Waals surface area contributed by atoms with Crippen LogP contribution in [-0.4, -0.2) is 0 Å². The molecule has 0 fully saturated rings. The smallest absolute Gasteiger partial charge is 0.124 e. The Morgan fingerprint density at radius 1 is 1.06 bits per heavy atom. The second-order valence-corrected chi connectivity index (χ2v) is 4.46. The van der Waals surface area contributed by atoms with Gasteiger partial charge >= 0.3 is 0 Å². The van der Waals surface area contributed by atoms with E-state index in [1.807, 2.05) is 0 Å². The largest absolute Gasteiger partial charge is 0.486 e. The maximum Gasteiger partial charge on any atom is 0.124 e. The van der Waals surface area contributed by atoms with Gasteiger partial charge < -0.3 is 4.74 Å². The van der Waals surface area contributed by atoms with E-state index in [1.165, 1.54) is 30.4 Å². The van der Waals surface area contributed by atoms with Gasteiger partial charge in [0.2, 0.25) is 0 Å². The van der Waals surface area contributed by atoms with Crippen LogP contribution in [-0.2, 0) is 4.74 Å². The van der Waals surface area contributed by atoms with Crippen LogP contribution in [0.5, 0.6) is 0 Å². The number of ether oxygens (including phenoxy) is 1. The average molecular weight is 212 g/mol. The second kappa shape index (κ2) is 4.17. The molecule has 1 nitrogen and oxygen atoms in total. The number of benzene rings is 1. The zero-order valence-electron chi connectivity index (χ0n) is 9.36. The fourth-order valence-electron chi connectivity index (χ4n) is 2.48. The molecule has 0 bridgehead atoms. The highest BCUT2D eigenvalue weighted by Crippen LogP contribution is 2.37. The van der Waals surface area contributed by atoms with E-state index in [0.29, 0.717) is 0 Å². The third-order valence-corrected chi connectivity index (χ3v) is 3.38. The highest BCUT2D eigenvalue weighted by Gasteiger charge is 2.22. The normalized spacial score (nSPS) is 23.9. The van der Waals surface area contributed by atoms with Crippen LogP contribution in [0.25, 0.3) is 0 Å². The van der Waals surface area contributed by atoms with Crippen LogP contribution in [0.15, 0.2) is 53.8 Å². The van der Waals surface area contributed by atoms with Crippen molar-refractivity contribution in [3.63, 3.8) is 0 Å². The van der Waals surface area contributed by atoms with Gasteiger partial charge in [0, 0.05) is 0 Å². The van der Waals surface area contributed by atoms with Gasteiger partial charge in [0.1, 0.15) is 11.9 Å². The van der Waals surface area contributed by atoms with Crippen molar-refractivity contribution in [2.75, 3.05) is 0 Å². The summed E-state index contributed by atoms with van der Waals surface area (Å²) in [6.45, 7) is 0. The first kappa shape index (κ1) is 9.71. The van der Waals surface area contributed by atoms with E-state index in [-0.39, 0.29) is 6.10 Å². The number of allylic oxidation sites excluding steroid dienone is 3. The Morgan fingerprint density at radius 3 is 2.81 bits per heavy atom. The molecule has 0 aromatic heterocycles. The van der Waals surface area contributed by atoms with E-state index in [1.54, 1.807) is 0 Å². The standard InChI is InChI=1S/C15H16O/c1-2-6-12(7-3-1)15-11-10-13-8-4-5-9-14(13)16-15/h1-3,5-7,9,15H,4,8,10-11H2. The van der Waals surface area contributed by atoms with Gasteiger partial charge in [-0.25, -0.2) is 0 Å². The highest BCUT2D eigenvalue weighted by atomic mass is 16.5. The Labute approximate surface area is 96.4 Å². The van der Waals surface area contributed by atoms with Crippen molar-refractivity contribution in [2.45, 2.75) is 31.8 Å². The van der Waals surface area contributed by atoms with E-state index in [9.17, 15) is 0 Å². The lowest BCUT2D eigenvalue weighted by Gasteiger charge is -2.29. The van der Waals surface area contributed by atoms with Crippen LogP contribution in [0.3, 0.4) is 0 Å². The molecule has 1 aliphatic heterocycles. The Morgan fingerprint density at radius 2 is 1.94 bits per heavy atom. The van der Waals surface area contributed by atoms with Crippen molar-refractivity contribution in [2.24, 2.45) is 0 Å². The summed E-state index contributed by atoms with van der Waals surface area (Å²) < 4.78 is 6.07. The summed E-state index contributed by atoms with van der Waals surface area (Å²) in [5, 5.41) is 0. The van der Waals surface area contributed by atoms with Crippen LogP contribution in [0.1, 0.15) is 37.4 Å². The molecule has 1 heteroatoms. The molecule has 0 radical (unpaired) electrons. The van der Waals surface area contributed by atoms with Crippen molar-refractivity contribution < 1.29 is 4.74 Å². The molecule has 3 rings (SSSR count). The Balaban J connectivity index is 1.83. The molecule has 2 aliphatic rings. The molecule has 1 atom stereocenters. The van der Waals surface area contributed by atoms with E-state index < -0.39 is 0 Å². The van der Waals surface area contributed by atoms with Crippen LogP contribution < -0.4 is 0 Å². The third kappa shape index (κ3) is 1.78. The zero-order chi connectivity index (χ0) is 10.8. The van der Waals surface area contributed by atoms with E-state index >= 15 is 0 Å². The van der Waals surface area contributed by atoms with E-state index in [4.69, 9.17) is 4.74 Å². The molecule has 0 saturated heterocycles. The predicted molar refractivity (Wildman–Crippen MR) is 64.9 cm³/mol. The molecule has 1 unspecified atom stereocenters. The lowest BCUT2D eigenvalue weighted by atomic mass is 9.92. The average Bonchev–Trinajstić information content (AvgIpc) is 2.39. The van der Waals surface area contributed by atoms with Crippen molar-refractivity contribution in [3.8, 4) is 0 Å². The summed E-state index contributed by atoms with van der Waals surface area (Å²) in [6, 6.07) is 10.5. The minimum absolute atomic E-state index is 0.252. The third-order valence-electron chi connectivity index (χ3n) is 3.38. The molecule has 0 amide bonds. The van der Waals surface area contributed by atoms with Gasteiger partial charge in [-0.05, 0) is 42.9 Å². The Kier molecular flexibility index (Phi) is 2.53. The van der Waals surface area contributed by atoms with Gasteiger partial charge in [-0.3, -0.25) is 0 Å². The number of rotatable bonds is 1. The molecular formula is C15H16O. The first-order valence-electron chi connectivity index (χ1n) is 6.03. The minimum atomic E-state index is 0.252. The van der Waals surface area contributed by atoms with Gasteiger partial charge in [0.25, 0.3) is 0 Å². The van der Waals surface area contributed by atoms with Gasteiger partial charge in [-0.15, -0.1) is 0 Å². The quantitative estimate of drug-likeness (QED) is 0.679. The van der Waals surface area contributed by atoms with Crippen molar-refractivity contribution in [1.82, 2.24) is 0 Å². The van der Waals surface area contributed by atoms with E-state index in [2.05, 4.69) is 42.5 Å². The second-order valence-electron chi connectivity index (χ2n) is 4.46. The zero-order valence-corrected chi connectivity index (χ0v) is 9.36. The predicted octanol–water partition coefficient (Wildman–Crippen LogP) is 4.14. The number of hydrogen-bond donors (Lipinski definition) is 0. The summed E-state index contributed by atoms with van der Waals surface area (Å²) in [4.78, 5) is 0. The Hall–Kier alpha value is -1.50. The number of hydrogen-bond acceptors (Lipinski definition) is 1. The molecule has 1 aromatic carbocycles. The summed E-state index contributed by atoms with van der Waals surface area (Å²) in [5.41, 5.74) is 2.81. The van der Waals surface area contributed by atoms with Gasteiger partial charge in [-0.2, -0.15) is 0 Å². The van der Waals surface area contributed by atoms with Crippen LogP contribution in [0.4, 0.5) is 0 Å². The van der Waals surface area contributed by atoms with Crippen LogP contribution in [0.2, 0.25) is 0 Å². The lowest BCUT2D eigenvalue weighted by molar-refractivity contribution is 0.0979. The molecule has 0 spiro atoms. The van der Waals surface area contributed by atoms with Crippen molar-refractivity contribution >= 4 is 0 Å². The van der Waals surface area contributed by atoms with Gasteiger partial charge in [-0.1, -0.05) is 36.4 Å². The molecule has 82 valence electrons. The van der Waals surface area contributed by atoms with Crippen LogP contribution in [0, 0.1) is 0 Å². The molecular weight excluding hydrogens is 196 g/mol. The van der Waals surface area contributed by atoms with Crippen molar-refractivity contribution in [3.05, 3.63) is 59.4 Å². The molecule has 16 heavy (non-hydrogen) atoms. The summed E-state index contributed by atoms with van der Waals surface area (Å²) >= 11 is 0. The summed E-state index contributed by atoms with van der Waals surface area (Å²) in [7, 11) is 0. The SMILES string of the molecule is C1=CC2=C(CC1)CCC(c1ccccc1)O2. The van der Waals surface area contributed by atoms with E-state index in [0.717, 1.165) is 12.2 Å². The fraction of sp³-hybridized carbons (Fsp3) is 0.333. The molecule has 1 heterocycles. The van der Waals surface area contributed by atoms with Crippen LogP contribution >= 0.6 is 0 Å². The molecule has 0 N–H and O–H groups in total. The van der Waals surface area contributed by atoms with Gasteiger partial charge in [0.15, 0.2) is 0 Å². The lowest BCUT2D eigenvalue weighted by Crippen LogP contribution is -2.12. The Bertz CT molecular complexity index is 428. The maximum atomic E-state index is 6.07. The maximum absolute atomic E-state index is 6.07. The van der Waals surface area contributed by atoms with Gasteiger partial charge in [0.05, 0.1) is 0 Å². The van der Waals surface area contributed by atoms with Crippen molar-refractivity contribution in [1.29, 1.82) is 0 Å². The summed E-state index contributed by atoms with van der Waals surface area (Å²) in [6.07, 6.45) is 9.30. The monoisotopic (exact) mass is 212 g/mol. The fourth-order valence-corrected chi connectivity index (χ4v) is 2.48. The highest BCUT2D eigenvalue weighted by molar-refractivity contribution is 5.29. The topological polar surface area (TPSA) is 9.23 Å². The first-order chi connectivity index (χ1) is 7.93. The summed E-state index contributed by atoms with van der Waals surface area (Å²) in [5.74, 6) is 1.13.